The van der Waals surface area contributed by atoms with Crippen LogP contribution in [0.25, 0.3) is 0 Å². The smallest absolute Gasteiger partial charge is 0.158 e. The number of hydrogen-bond donors (Lipinski definition) is 0. The Hall–Kier alpha value is -0.630. The molecule has 0 radical (unpaired) electrons. The van der Waals surface area contributed by atoms with E-state index in [2.05, 4.69) is 18.7 Å². The van der Waals surface area contributed by atoms with Gasteiger partial charge in [0.15, 0.2) is 5.78 Å². The molecule has 2 rings (SSSR count). The molecular weight excluding hydrogens is 246 g/mol. The number of hydrogen-bond acceptors (Lipinski definition) is 2. The van der Waals surface area contributed by atoms with Gasteiger partial charge in [0.25, 0.3) is 0 Å². The molecule has 2 nitrogen and oxygen atoms in total. The van der Waals surface area contributed by atoms with E-state index >= 15 is 0 Å². The fourth-order valence-electron chi connectivity index (χ4n) is 3.71. The average molecular weight is 277 g/mol. The highest BCUT2D eigenvalue weighted by Gasteiger charge is 2.29. The first-order chi connectivity index (χ1) is 9.76. The summed E-state index contributed by atoms with van der Waals surface area (Å²) in [6.45, 7) is 7.05. The van der Waals surface area contributed by atoms with Crippen LogP contribution >= 0.6 is 0 Å². The summed E-state index contributed by atoms with van der Waals surface area (Å²) >= 11 is 0. The van der Waals surface area contributed by atoms with Gasteiger partial charge in [0, 0.05) is 12.5 Å². The van der Waals surface area contributed by atoms with E-state index in [0.29, 0.717) is 11.8 Å². The lowest BCUT2D eigenvalue weighted by Crippen LogP contribution is -2.39. The number of nitrogens with zero attached hydrogens (tertiary/aromatic N) is 1. The third-order valence-corrected chi connectivity index (χ3v) is 4.97. The van der Waals surface area contributed by atoms with E-state index in [1.54, 1.807) is 0 Å². The molecule has 2 heteroatoms. The monoisotopic (exact) mass is 277 g/mol. The third-order valence-electron chi connectivity index (χ3n) is 4.97. The third kappa shape index (κ3) is 3.94. The summed E-state index contributed by atoms with van der Waals surface area (Å²) in [5, 5.41) is 0. The number of unbranched alkanes of at least 4 members (excludes halogenated alkanes) is 2. The van der Waals surface area contributed by atoms with E-state index in [4.69, 9.17) is 0 Å². The molecule has 0 saturated heterocycles. The van der Waals surface area contributed by atoms with E-state index in [-0.39, 0.29) is 0 Å². The zero-order chi connectivity index (χ0) is 14.4. The Balaban J connectivity index is 1.98. The van der Waals surface area contributed by atoms with Gasteiger partial charge in [0.2, 0.25) is 0 Å². The lowest BCUT2D eigenvalue weighted by Gasteiger charge is -2.37. The fraction of sp³-hybridized carbons (Fsp3) is 0.833. The maximum Gasteiger partial charge on any atom is 0.158 e. The lowest BCUT2D eigenvalue weighted by molar-refractivity contribution is -0.116. The molecule has 2 aliphatic rings. The van der Waals surface area contributed by atoms with Gasteiger partial charge in [-0.2, -0.15) is 0 Å². The van der Waals surface area contributed by atoms with Gasteiger partial charge in [-0.25, -0.2) is 0 Å². The Bertz CT molecular complexity index is 350. The molecule has 0 fully saturated rings. The Labute approximate surface area is 124 Å². The van der Waals surface area contributed by atoms with Gasteiger partial charge in [-0.3, -0.25) is 4.79 Å². The van der Waals surface area contributed by atoms with Crippen LogP contribution in [-0.4, -0.2) is 29.8 Å². The lowest BCUT2D eigenvalue weighted by atomic mass is 9.79. The summed E-state index contributed by atoms with van der Waals surface area (Å²) in [5.41, 5.74) is 2.73. The zero-order valence-corrected chi connectivity index (χ0v) is 13.4. The van der Waals surface area contributed by atoms with Crippen LogP contribution in [-0.2, 0) is 4.79 Å². The van der Waals surface area contributed by atoms with Crippen LogP contribution in [0.1, 0.15) is 78.1 Å². The average Bonchev–Trinajstić information content (AvgIpc) is 2.47. The molecule has 0 amide bonds. The molecule has 1 atom stereocenters. The fourth-order valence-corrected chi connectivity index (χ4v) is 3.71. The van der Waals surface area contributed by atoms with E-state index in [1.807, 2.05) is 0 Å². The molecule has 0 aromatic heterocycles. The van der Waals surface area contributed by atoms with Gasteiger partial charge in [-0.15, -0.1) is 0 Å². The van der Waals surface area contributed by atoms with Crippen molar-refractivity contribution in [3.63, 3.8) is 0 Å². The SMILES string of the molecule is CCCCN(CCCC)C1CCC2=C(CCCC2=O)C1. The molecule has 0 saturated carbocycles. The van der Waals surface area contributed by atoms with Crippen molar-refractivity contribution in [2.45, 2.75) is 84.1 Å². The first-order valence-corrected chi connectivity index (χ1v) is 8.74. The predicted molar refractivity (Wildman–Crippen MR) is 84.9 cm³/mol. The maximum atomic E-state index is 12.0. The normalized spacial score (nSPS) is 23.4. The largest absolute Gasteiger partial charge is 0.300 e. The van der Waals surface area contributed by atoms with Gasteiger partial charge in [0.1, 0.15) is 0 Å². The van der Waals surface area contributed by atoms with Gasteiger partial charge in [-0.1, -0.05) is 32.3 Å². The van der Waals surface area contributed by atoms with E-state index in [0.717, 1.165) is 19.3 Å². The Morgan fingerprint density at radius 1 is 1.05 bits per heavy atom. The minimum Gasteiger partial charge on any atom is -0.300 e. The van der Waals surface area contributed by atoms with Crippen molar-refractivity contribution in [3.8, 4) is 0 Å². The first kappa shape index (κ1) is 15.8. The summed E-state index contributed by atoms with van der Waals surface area (Å²) in [4.78, 5) is 14.7. The number of Topliss-reactive ketones (excluding diaryl/α,β-unsaturated/α-hetero) is 1. The zero-order valence-electron chi connectivity index (χ0n) is 13.4. The Morgan fingerprint density at radius 3 is 2.40 bits per heavy atom. The van der Waals surface area contributed by atoms with Gasteiger partial charge in [0.05, 0.1) is 0 Å². The number of carbonyl (C=O) groups excluding carboxylic acids is 1. The summed E-state index contributed by atoms with van der Waals surface area (Å²) in [7, 11) is 0. The molecule has 0 aromatic carbocycles. The van der Waals surface area contributed by atoms with Crippen molar-refractivity contribution in [3.05, 3.63) is 11.1 Å². The summed E-state index contributed by atoms with van der Waals surface area (Å²) in [6.07, 6.45) is 11.7. The second kappa shape index (κ2) is 7.97. The quantitative estimate of drug-likeness (QED) is 0.683. The van der Waals surface area contributed by atoms with Crippen LogP contribution in [0, 0.1) is 0 Å². The summed E-state index contributed by atoms with van der Waals surface area (Å²) in [5.74, 6) is 0.457. The van der Waals surface area contributed by atoms with Crippen molar-refractivity contribution in [2.75, 3.05) is 13.1 Å². The summed E-state index contributed by atoms with van der Waals surface area (Å²) < 4.78 is 0. The number of rotatable bonds is 7. The number of ketones is 1. The molecule has 0 spiro atoms. The molecule has 2 aliphatic carbocycles. The van der Waals surface area contributed by atoms with Crippen LogP contribution in [0.3, 0.4) is 0 Å². The maximum absolute atomic E-state index is 12.0. The molecule has 114 valence electrons. The highest BCUT2D eigenvalue weighted by Crippen LogP contribution is 2.35. The molecular formula is C18H31NO. The Kier molecular flexibility index (Phi) is 6.28. The van der Waals surface area contributed by atoms with E-state index < -0.39 is 0 Å². The van der Waals surface area contributed by atoms with Gasteiger partial charge in [-0.05, 0) is 63.6 Å². The van der Waals surface area contributed by atoms with Crippen LogP contribution in [0.5, 0.6) is 0 Å². The highest BCUT2D eigenvalue weighted by atomic mass is 16.1. The second-order valence-electron chi connectivity index (χ2n) is 6.50. The topological polar surface area (TPSA) is 20.3 Å². The van der Waals surface area contributed by atoms with Crippen molar-refractivity contribution in [1.82, 2.24) is 4.90 Å². The number of carbonyl (C=O) groups is 1. The van der Waals surface area contributed by atoms with Gasteiger partial charge < -0.3 is 4.90 Å². The molecule has 0 bridgehead atoms. The molecule has 0 heterocycles. The van der Waals surface area contributed by atoms with E-state index in [1.165, 1.54) is 69.2 Å². The molecule has 0 N–H and O–H groups in total. The standard InChI is InChI=1S/C18H31NO/c1-3-5-12-19(13-6-4-2)16-10-11-17-15(14-16)8-7-9-18(17)20/h16H,3-14H2,1-2H3. The first-order valence-electron chi connectivity index (χ1n) is 8.74. The van der Waals surface area contributed by atoms with E-state index in [9.17, 15) is 4.79 Å². The van der Waals surface area contributed by atoms with Crippen molar-refractivity contribution >= 4 is 5.78 Å². The molecule has 1 unspecified atom stereocenters. The van der Waals surface area contributed by atoms with Crippen molar-refractivity contribution in [1.29, 1.82) is 0 Å². The number of allylic oxidation sites excluding steroid dienone is 1. The van der Waals surface area contributed by atoms with Crippen LogP contribution in [0.2, 0.25) is 0 Å². The second-order valence-corrected chi connectivity index (χ2v) is 6.50. The molecule has 0 aliphatic heterocycles. The van der Waals surface area contributed by atoms with Crippen molar-refractivity contribution < 1.29 is 4.79 Å². The minimum absolute atomic E-state index is 0.457. The van der Waals surface area contributed by atoms with Gasteiger partial charge >= 0.3 is 0 Å². The van der Waals surface area contributed by atoms with Crippen LogP contribution in [0.15, 0.2) is 11.1 Å². The van der Waals surface area contributed by atoms with Crippen LogP contribution < -0.4 is 0 Å². The molecule has 20 heavy (non-hydrogen) atoms. The Morgan fingerprint density at radius 2 is 1.75 bits per heavy atom. The predicted octanol–water partition coefficient (Wildman–Crippen LogP) is 4.49. The molecule has 0 aromatic rings. The van der Waals surface area contributed by atoms with Crippen molar-refractivity contribution in [2.24, 2.45) is 0 Å². The highest BCUT2D eigenvalue weighted by molar-refractivity contribution is 5.97. The summed E-state index contributed by atoms with van der Waals surface area (Å²) in [6, 6.07) is 0.706. The minimum atomic E-state index is 0.457. The van der Waals surface area contributed by atoms with Crippen LogP contribution in [0.4, 0.5) is 0 Å².